The Balaban J connectivity index is 0.00000129. The third-order valence-electron chi connectivity index (χ3n) is 3.43. The number of carbonyl (C=O) groups excluding carboxylic acids is 1. The van der Waals surface area contributed by atoms with Crippen molar-refractivity contribution in [3.8, 4) is 18.7 Å². The van der Waals surface area contributed by atoms with E-state index in [2.05, 4.69) is 38.3 Å². The van der Waals surface area contributed by atoms with Crippen LogP contribution in [0.2, 0.25) is 0 Å². The number of aromatic nitrogens is 5. The summed E-state index contributed by atoms with van der Waals surface area (Å²) in [5.41, 5.74) is 7.62. The lowest BCUT2D eigenvalue weighted by molar-refractivity contribution is 0.0946. The standard InChI is InChI=1S/C16H17N7O.2C2H6.C2H2/c1-2-12-15(23-19-8-9-20-23)22-14(17)13(21-12)16(24)18-10-11-6-4-3-5-7-11;3*1-2/h3-9H,2,10H2,1H3,(H2,17,22)(H,18,24);2*1-2H3;1-2H. The summed E-state index contributed by atoms with van der Waals surface area (Å²) < 4.78 is 0. The minimum atomic E-state index is -0.362. The van der Waals surface area contributed by atoms with Crippen LogP contribution in [0.1, 0.15) is 56.4 Å². The molecule has 1 aromatic carbocycles. The highest BCUT2D eigenvalue weighted by Gasteiger charge is 2.18. The van der Waals surface area contributed by atoms with E-state index in [1.165, 1.54) is 17.2 Å². The minimum Gasteiger partial charge on any atom is -0.382 e. The number of benzene rings is 1. The van der Waals surface area contributed by atoms with Crippen LogP contribution in [0.4, 0.5) is 5.82 Å². The molecule has 3 rings (SSSR count). The summed E-state index contributed by atoms with van der Waals surface area (Å²) in [6.07, 6.45) is 11.7. The number of rotatable bonds is 5. The van der Waals surface area contributed by atoms with Gasteiger partial charge in [-0.3, -0.25) is 4.79 Å². The van der Waals surface area contributed by atoms with Crippen LogP contribution in [0.3, 0.4) is 0 Å². The van der Waals surface area contributed by atoms with Crippen LogP contribution < -0.4 is 11.1 Å². The fourth-order valence-corrected chi connectivity index (χ4v) is 2.23. The van der Waals surface area contributed by atoms with Crippen LogP contribution in [0.5, 0.6) is 0 Å². The van der Waals surface area contributed by atoms with E-state index in [9.17, 15) is 4.79 Å². The molecule has 0 aliphatic rings. The molecule has 1 amide bonds. The number of nitrogens with one attached hydrogen (secondary N) is 1. The van der Waals surface area contributed by atoms with Gasteiger partial charge in [-0.2, -0.15) is 10.2 Å². The molecule has 0 bridgehead atoms. The lowest BCUT2D eigenvalue weighted by Gasteiger charge is -2.11. The molecule has 160 valence electrons. The van der Waals surface area contributed by atoms with E-state index in [0.29, 0.717) is 24.5 Å². The van der Waals surface area contributed by atoms with Crippen LogP contribution in [0, 0.1) is 12.8 Å². The molecule has 2 heterocycles. The van der Waals surface area contributed by atoms with Crippen molar-refractivity contribution in [1.29, 1.82) is 0 Å². The zero-order valence-corrected chi connectivity index (χ0v) is 18.3. The number of nitrogens with zero attached hydrogens (tertiary/aromatic N) is 5. The molecule has 0 atom stereocenters. The molecule has 2 aromatic heterocycles. The number of aryl methyl sites for hydroxylation is 1. The Labute approximate surface area is 178 Å². The molecule has 0 saturated carbocycles. The zero-order valence-electron chi connectivity index (χ0n) is 18.3. The molecule has 0 spiro atoms. The molecule has 0 fully saturated rings. The number of anilines is 1. The van der Waals surface area contributed by atoms with Gasteiger partial charge in [0.2, 0.25) is 0 Å². The van der Waals surface area contributed by atoms with Gasteiger partial charge in [0.05, 0.1) is 18.1 Å². The third kappa shape index (κ3) is 7.36. The number of amides is 1. The summed E-state index contributed by atoms with van der Waals surface area (Å²) in [6.45, 7) is 10.3. The first-order valence-electron chi connectivity index (χ1n) is 9.87. The van der Waals surface area contributed by atoms with Crippen molar-refractivity contribution in [3.63, 3.8) is 0 Å². The van der Waals surface area contributed by atoms with Gasteiger partial charge < -0.3 is 11.1 Å². The van der Waals surface area contributed by atoms with Gasteiger partial charge in [-0.1, -0.05) is 65.0 Å². The molecule has 0 aliphatic carbocycles. The molecule has 0 radical (unpaired) electrons. The minimum absolute atomic E-state index is 0.0464. The zero-order chi connectivity index (χ0) is 22.9. The van der Waals surface area contributed by atoms with Gasteiger partial charge in [0.1, 0.15) is 0 Å². The number of nitrogen functional groups attached to an aromatic ring is 1. The summed E-state index contributed by atoms with van der Waals surface area (Å²) in [4.78, 5) is 22.3. The average Bonchev–Trinajstić information content (AvgIpc) is 3.37. The second-order valence-electron chi connectivity index (χ2n) is 5.07. The van der Waals surface area contributed by atoms with Crippen molar-refractivity contribution >= 4 is 11.7 Å². The van der Waals surface area contributed by atoms with E-state index >= 15 is 0 Å². The molecule has 0 unspecified atom stereocenters. The highest BCUT2D eigenvalue weighted by molar-refractivity contribution is 5.96. The van der Waals surface area contributed by atoms with E-state index in [0.717, 1.165) is 5.56 Å². The summed E-state index contributed by atoms with van der Waals surface area (Å²) in [7, 11) is 0. The number of nitrogens with two attached hydrogens (primary N) is 1. The molecule has 30 heavy (non-hydrogen) atoms. The van der Waals surface area contributed by atoms with Crippen LogP contribution in [0.15, 0.2) is 42.7 Å². The van der Waals surface area contributed by atoms with Crippen molar-refractivity contribution < 1.29 is 4.79 Å². The molecule has 3 N–H and O–H groups in total. The van der Waals surface area contributed by atoms with Gasteiger partial charge in [-0.15, -0.1) is 17.6 Å². The Bertz CT molecular complexity index is 875. The third-order valence-corrected chi connectivity index (χ3v) is 3.43. The lowest BCUT2D eigenvalue weighted by atomic mass is 10.2. The Morgan fingerprint density at radius 1 is 1.03 bits per heavy atom. The quantitative estimate of drug-likeness (QED) is 0.625. The second kappa shape index (κ2) is 15.2. The lowest BCUT2D eigenvalue weighted by Crippen LogP contribution is -2.26. The van der Waals surface area contributed by atoms with Gasteiger partial charge in [0.25, 0.3) is 5.91 Å². The first-order chi connectivity index (χ1) is 14.7. The van der Waals surface area contributed by atoms with E-state index in [4.69, 9.17) is 5.73 Å². The SMILES string of the molecule is C#C.CC.CC.CCc1nc(C(=O)NCc2ccccc2)c(N)nc1-n1nccn1. The van der Waals surface area contributed by atoms with Gasteiger partial charge >= 0.3 is 0 Å². The monoisotopic (exact) mass is 409 g/mol. The molecule has 8 heteroatoms. The maximum absolute atomic E-state index is 12.4. The molecule has 0 aliphatic heterocycles. The predicted octanol–water partition coefficient (Wildman–Crippen LogP) is 3.43. The molecule has 0 saturated heterocycles. The highest BCUT2D eigenvalue weighted by Crippen LogP contribution is 2.14. The maximum Gasteiger partial charge on any atom is 0.274 e. The molecular formula is C22H31N7O. The van der Waals surface area contributed by atoms with Gasteiger partial charge in [0.15, 0.2) is 17.3 Å². The van der Waals surface area contributed by atoms with E-state index in [1.807, 2.05) is 65.0 Å². The molecule has 3 aromatic rings. The van der Waals surface area contributed by atoms with Gasteiger partial charge in [-0.05, 0) is 12.0 Å². The van der Waals surface area contributed by atoms with Crippen LogP contribution in [-0.2, 0) is 13.0 Å². The first-order valence-corrected chi connectivity index (χ1v) is 9.87. The van der Waals surface area contributed by atoms with E-state index in [-0.39, 0.29) is 17.4 Å². The molecule has 8 nitrogen and oxygen atoms in total. The maximum atomic E-state index is 12.4. The fourth-order valence-electron chi connectivity index (χ4n) is 2.23. The predicted molar refractivity (Wildman–Crippen MR) is 121 cm³/mol. The smallest absolute Gasteiger partial charge is 0.274 e. The Hall–Kier alpha value is -3.73. The number of hydrogen-bond donors (Lipinski definition) is 2. The summed E-state index contributed by atoms with van der Waals surface area (Å²) in [5, 5.41) is 10.9. The highest BCUT2D eigenvalue weighted by atomic mass is 16.1. The van der Waals surface area contributed by atoms with Crippen LogP contribution >= 0.6 is 0 Å². The van der Waals surface area contributed by atoms with E-state index in [1.54, 1.807) is 0 Å². The Morgan fingerprint density at radius 3 is 2.13 bits per heavy atom. The normalized spacial score (nSPS) is 8.90. The Kier molecular flexibility index (Phi) is 13.3. The van der Waals surface area contributed by atoms with Crippen molar-refractivity contribution in [3.05, 3.63) is 59.7 Å². The van der Waals surface area contributed by atoms with Crippen molar-refractivity contribution in [2.45, 2.75) is 47.6 Å². The Morgan fingerprint density at radius 2 is 1.60 bits per heavy atom. The van der Waals surface area contributed by atoms with Gasteiger partial charge in [0, 0.05) is 6.54 Å². The second-order valence-corrected chi connectivity index (χ2v) is 5.07. The topological polar surface area (TPSA) is 112 Å². The van der Waals surface area contributed by atoms with Crippen molar-refractivity contribution in [1.82, 2.24) is 30.3 Å². The van der Waals surface area contributed by atoms with Crippen LogP contribution in [-0.4, -0.2) is 30.9 Å². The number of terminal acetylenes is 1. The van der Waals surface area contributed by atoms with Crippen LogP contribution in [0.25, 0.3) is 5.82 Å². The first kappa shape index (κ1) is 26.3. The average molecular weight is 410 g/mol. The largest absolute Gasteiger partial charge is 0.382 e. The number of carbonyl (C=O) groups is 1. The van der Waals surface area contributed by atoms with Crippen molar-refractivity contribution in [2.24, 2.45) is 0 Å². The number of hydrogen-bond acceptors (Lipinski definition) is 6. The summed E-state index contributed by atoms with van der Waals surface area (Å²) >= 11 is 0. The van der Waals surface area contributed by atoms with Crippen molar-refractivity contribution in [2.75, 3.05) is 5.73 Å². The molecular weight excluding hydrogens is 378 g/mol. The summed E-state index contributed by atoms with van der Waals surface area (Å²) in [6, 6.07) is 9.61. The summed E-state index contributed by atoms with van der Waals surface area (Å²) in [5.74, 6) is 0.114. The van der Waals surface area contributed by atoms with Gasteiger partial charge in [-0.25, -0.2) is 9.97 Å². The fraction of sp³-hybridized carbons (Fsp3) is 0.318. The van der Waals surface area contributed by atoms with E-state index < -0.39 is 0 Å².